The minimum absolute atomic E-state index is 0.0289. The zero-order valence-electron chi connectivity index (χ0n) is 5.95. The largest absolute Gasteiger partial charge is 0.268 e. The molecule has 1 aliphatic rings. The van der Waals surface area contributed by atoms with E-state index in [2.05, 4.69) is 0 Å². The third-order valence-electron chi connectivity index (χ3n) is 1.72. The van der Waals surface area contributed by atoms with Crippen molar-refractivity contribution in [1.29, 1.82) is 0 Å². The maximum Gasteiger partial charge on any atom is 0.153 e. The van der Waals surface area contributed by atoms with E-state index >= 15 is 0 Å². The predicted molar refractivity (Wildman–Crippen MR) is 39.0 cm³/mol. The molecule has 5 heteroatoms. The van der Waals surface area contributed by atoms with Gasteiger partial charge in [-0.2, -0.15) is 0 Å². The molecule has 1 rings (SSSR count). The van der Waals surface area contributed by atoms with E-state index in [0.717, 1.165) is 0 Å². The van der Waals surface area contributed by atoms with Crippen LogP contribution in [0.2, 0.25) is 0 Å². The Bertz CT molecular complexity index is 212. The molecule has 60 valence electrons. The van der Waals surface area contributed by atoms with Crippen LogP contribution in [0.3, 0.4) is 0 Å². The zero-order chi connectivity index (χ0) is 7.78. The van der Waals surface area contributed by atoms with Gasteiger partial charge in [-0.3, -0.25) is 5.84 Å². The average molecular weight is 164 g/mol. The Morgan fingerprint density at radius 1 is 1.60 bits per heavy atom. The standard InChI is InChI=1S/C5H12N2O2S/c1-5-4-10(8,9)3-2-7(5)6/h5H,2-4,6H2,1H3/t5-/m1/s1. The second-order valence-electron chi connectivity index (χ2n) is 2.70. The van der Waals surface area contributed by atoms with Gasteiger partial charge in [-0.1, -0.05) is 0 Å². The van der Waals surface area contributed by atoms with Crippen molar-refractivity contribution in [2.75, 3.05) is 18.1 Å². The fourth-order valence-corrected chi connectivity index (χ4v) is 2.59. The lowest BCUT2D eigenvalue weighted by Crippen LogP contribution is -2.50. The number of hydrogen-bond acceptors (Lipinski definition) is 4. The fourth-order valence-electron chi connectivity index (χ4n) is 1.01. The Kier molecular flexibility index (Phi) is 1.98. The Balaban J connectivity index is 2.66. The summed E-state index contributed by atoms with van der Waals surface area (Å²) in [5, 5.41) is 1.57. The van der Waals surface area contributed by atoms with E-state index in [1.54, 1.807) is 5.01 Å². The van der Waals surface area contributed by atoms with Crippen LogP contribution in [0.4, 0.5) is 0 Å². The summed E-state index contributed by atoms with van der Waals surface area (Å²) in [6, 6.07) is -0.0289. The molecule has 0 aromatic heterocycles. The predicted octanol–water partition coefficient (Wildman–Crippen LogP) is -1.02. The number of sulfone groups is 1. The fraction of sp³-hybridized carbons (Fsp3) is 1.00. The lowest BCUT2D eigenvalue weighted by Gasteiger charge is -2.28. The molecule has 1 fully saturated rings. The molecule has 1 saturated heterocycles. The molecular formula is C5H12N2O2S. The van der Waals surface area contributed by atoms with E-state index in [1.165, 1.54) is 0 Å². The van der Waals surface area contributed by atoms with E-state index in [1.807, 2.05) is 6.92 Å². The number of hydrazine groups is 1. The van der Waals surface area contributed by atoms with Crippen LogP contribution >= 0.6 is 0 Å². The first-order chi connectivity index (χ1) is 4.51. The second kappa shape index (κ2) is 2.48. The molecule has 0 aliphatic carbocycles. The van der Waals surface area contributed by atoms with Crippen molar-refractivity contribution < 1.29 is 8.42 Å². The number of rotatable bonds is 0. The lowest BCUT2D eigenvalue weighted by molar-refractivity contribution is 0.233. The SMILES string of the molecule is C[C@@H]1CS(=O)(=O)CCN1N. The third-order valence-corrected chi connectivity index (χ3v) is 3.52. The van der Waals surface area contributed by atoms with E-state index in [0.29, 0.717) is 6.54 Å². The summed E-state index contributed by atoms with van der Waals surface area (Å²) in [6.45, 7) is 2.28. The molecule has 0 aromatic carbocycles. The zero-order valence-corrected chi connectivity index (χ0v) is 6.76. The van der Waals surface area contributed by atoms with Crippen LogP contribution < -0.4 is 5.84 Å². The first-order valence-electron chi connectivity index (χ1n) is 3.23. The number of nitrogens with two attached hydrogens (primary N) is 1. The quantitative estimate of drug-likeness (QED) is 0.465. The van der Waals surface area contributed by atoms with E-state index in [4.69, 9.17) is 5.84 Å². The first kappa shape index (κ1) is 7.97. The summed E-state index contributed by atoms with van der Waals surface area (Å²) in [4.78, 5) is 0. The molecule has 10 heavy (non-hydrogen) atoms. The van der Waals surface area contributed by atoms with Crippen LogP contribution in [0, 0.1) is 0 Å². The van der Waals surface area contributed by atoms with Gasteiger partial charge in [0.15, 0.2) is 9.84 Å². The summed E-state index contributed by atoms with van der Waals surface area (Å²) in [7, 11) is -2.79. The lowest BCUT2D eigenvalue weighted by atomic mass is 10.4. The average Bonchev–Trinajstić information content (AvgIpc) is 1.79. The summed E-state index contributed by atoms with van der Waals surface area (Å²) in [5.74, 6) is 5.87. The van der Waals surface area contributed by atoms with Crippen LogP contribution in [0.5, 0.6) is 0 Å². The minimum atomic E-state index is -2.79. The van der Waals surface area contributed by atoms with Gasteiger partial charge < -0.3 is 0 Å². The number of hydrogen-bond donors (Lipinski definition) is 1. The molecule has 1 aliphatic heterocycles. The van der Waals surface area contributed by atoms with Crippen LogP contribution in [0.25, 0.3) is 0 Å². The first-order valence-corrected chi connectivity index (χ1v) is 5.05. The van der Waals surface area contributed by atoms with Crippen molar-refractivity contribution in [2.24, 2.45) is 5.84 Å². The van der Waals surface area contributed by atoms with E-state index < -0.39 is 9.84 Å². The van der Waals surface area contributed by atoms with Crippen LogP contribution in [0.1, 0.15) is 6.92 Å². The molecular weight excluding hydrogens is 152 g/mol. The summed E-state index contributed by atoms with van der Waals surface area (Å²) in [5.41, 5.74) is 0. The highest BCUT2D eigenvalue weighted by atomic mass is 32.2. The molecule has 0 amide bonds. The van der Waals surface area contributed by atoms with Crippen molar-refractivity contribution in [3.8, 4) is 0 Å². The van der Waals surface area contributed by atoms with Gasteiger partial charge in [-0.05, 0) is 6.92 Å². The molecule has 0 radical (unpaired) electrons. The summed E-state index contributed by atoms with van der Waals surface area (Å²) < 4.78 is 21.8. The Morgan fingerprint density at radius 3 is 2.60 bits per heavy atom. The van der Waals surface area contributed by atoms with Gasteiger partial charge in [-0.15, -0.1) is 0 Å². The molecule has 1 atom stereocenters. The maximum atomic E-state index is 10.9. The van der Waals surface area contributed by atoms with Crippen LogP contribution in [0.15, 0.2) is 0 Å². The molecule has 0 spiro atoms. The van der Waals surface area contributed by atoms with Gasteiger partial charge in [-0.25, -0.2) is 13.4 Å². The Morgan fingerprint density at radius 2 is 2.20 bits per heavy atom. The highest BCUT2D eigenvalue weighted by Crippen LogP contribution is 2.06. The van der Waals surface area contributed by atoms with E-state index in [-0.39, 0.29) is 17.5 Å². The molecule has 0 unspecified atom stereocenters. The van der Waals surface area contributed by atoms with Crippen molar-refractivity contribution in [2.45, 2.75) is 13.0 Å². The molecule has 2 N–H and O–H groups in total. The van der Waals surface area contributed by atoms with Crippen molar-refractivity contribution in [3.63, 3.8) is 0 Å². The molecule has 0 bridgehead atoms. The Hall–Kier alpha value is -0.130. The van der Waals surface area contributed by atoms with E-state index in [9.17, 15) is 8.42 Å². The highest BCUT2D eigenvalue weighted by molar-refractivity contribution is 7.91. The van der Waals surface area contributed by atoms with Crippen LogP contribution in [-0.2, 0) is 9.84 Å². The molecule has 1 heterocycles. The molecule has 0 saturated carbocycles. The highest BCUT2D eigenvalue weighted by Gasteiger charge is 2.25. The van der Waals surface area contributed by atoms with Gasteiger partial charge in [0.05, 0.1) is 11.5 Å². The Labute approximate surface area is 60.9 Å². The van der Waals surface area contributed by atoms with Crippen molar-refractivity contribution in [1.82, 2.24) is 5.01 Å². The normalized spacial score (nSPS) is 34.0. The van der Waals surface area contributed by atoms with Crippen molar-refractivity contribution >= 4 is 9.84 Å². The molecule has 0 aromatic rings. The monoisotopic (exact) mass is 164 g/mol. The van der Waals surface area contributed by atoms with Gasteiger partial charge in [0.25, 0.3) is 0 Å². The van der Waals surface area contributed by atoms with Gasteiger partial charge in [0.1, 0.15) is 0 Å². The second-order valence-corrected chi connectivity index (χ2v) is 4.93. The van der Waals surface area contributed by atoms with Crippen molar-refractivity contribution in [3.05, 3.63) is 0 Å². The number of nitrogens with zero attached hydrogens (tertiary/aromatic N) is 1. The smallest absolute Gasteiger partial charge is 0.153 e. The van der Waals surface area contributed by atoms with Gasteiger partial charge in [0.2, 0.25) is 0 Å². The maximum absolute atomic E-state index is 10.9. The minimum Gasteiger partial charge on any atom is -0.268 e. The van der Waals surface area contributed by atoms with Gasteiger partial charge >= 0.3 is 0 Å². The van der Waals surface area contributed by atoms with Crippen LogP contribution in [-0.4, -0.2) is 37.5 Å². The third kappa shape index (κ3) is 1.68. The summed E-state index contributed by atoms with van der Waals surface area (Å²) in [6.07, 6.45) is 0. The van der Waals surface area contributed by atoms with Gasteiger partial charge in [0, 0.05) is 12.6 Å². The molecule has 4 nitrogen and oxygen atoms in total. The summed E-state index contributed by atoms with van der Waals surface area (Å²) >= 11 is 0. The topological polar surface area (TPSA) is 63.4 Å².